The van der Waals surface area contributed by atoms with E-state index in [9.17, 15) is 0 Å². The zero-order valence-electron chi connectivity index (χ0n) is 16.3. The molecule has 1 aromatic rings. The SMILES string of the molecule is CCCCCCc1cc(C2(N)CCC(N)CC2)ccc1C(C)(C)C. The van der Waals surface area contributed by atoms with Crippen LogP contribution in [0.4, 0.5) is 0 Å². The molecule has 0 unspecified atom stereocenters. The quantitative estimate of drug-likeness (QED) is 0.708. The highest BCUT2D eigenvalue weighted by atomic mass is 14.8. The van der Waals surface area contributed by atoms with Crippen LogP contribution in [0.3, 0.4) is 0 Å². The summed E-state index contributed by atoms with van der Waals surface area (Å²) in [7, 11) is 0. The average Bonchev–Trinajstić information content (AvgIpc) is 2.53. The van der Waals surface area contributed by atoms with Gasteiger partial charge >= 0.3 is 0 Å². The lowest BCUT2D eigenvalue weighted by Crippen LogP contribution is -2.43. The van der Waals surface area contributed by atoms with Gasteiger partial charge in [0.2, 0.25) is 0 Å². The van der Waals surface area contributed by atoms with E-state index in [-0.39, 0.29) is 11.0 Å². The van der Waals surface area contributed by atoms with Crippen LogP contribution in [0.1, 0.15) is 95.8 Å². The number of nitrogens with two attached hydrogens (primary N) is 2. The van der Waals surface area contributed by atoms with Crippen LogP contribution in [0, 0.1) is 0 Å². The third-order valence-electron chi connectivity index (χ3n) is 5.71. The van der Waals surface area contributed by atoms with Crippen molar-refractivity contribution < 1.29 is 0 Å². The first-order valence-corrected chi connectivity index (χ1v) is 9.94. The molecule has 0 bridgehead atoms. The van der Waals surface area contributed by atoms with Crippen LogP contribution >= 0.6 is 0 Å². The Labute approximate surface area is 149 Å². The van der Waals surface area contributed by atoms with Crippen LogP contribution in [0.15, 0.2) is 18.2 Å². The van der Waals surface area contributed by atoms with Gasteiger partial charge in [-0.25, -0.2) is 0 Å². The van der Waals surface area contributed by atoms with Crippen LogP contribution in [0.2, 0.25) is 0 Å². The van der Waals surface area contributed by atoms with Crippen LogP contribution in [-0.2, 0) is 17.4 Å². The zero-order valence-corrected chi connectivity index (χ0v) is 16.3. The molecule has 2 nitrogen and oxygen atoms in total. The van der Waals surface area contributed by atoms with E-state index < -0.39 is 0 Å². The highest BCUT2D eigenvalue weighted by Gasteiger charge is 2.33. The predicted molar refractivity (Wildman–Crippen MR) is 105 cm³/mol. The summed E-state index contributed by atoms with van der Waals surface area (Å²) in [6.07, 6.45) is 10.5. The smallest absolute Gasteiger partial charge is 0.0410 e. The summed E-state index contributed by atoms with van der Waals surface area (Å²) in [6, 6.07) is 7.38. The van der Waals surface area contributed by atoms with Crippen molar-refractivity contribution in [2.75, 3.05) is 0 Å². The van der Waals surface area contributed by atoms with E-state index >= 15 is 0 Å². The highest BCUT2D eigenvalue weighted by molar-refractivity contribution is 5.39. The Bertz CT molecular complexity index is 519. The summed E-state index contributed by atoms with van der Waals surface area (Å²) in [5, 5.41) is 0. The first-order valence-electron chi connectivity index (χ1n) is 9.94. The molecule has 0 saturated heterocycles. The zero-order chi connectivity index (χ0) is 17.8. The molecule has 0 aromatic heterocycles. The van der Waals surface area contributed by atoms with E-state index in [2.05, 4.69) is 45.9 Å². The second-order valence-electron chi connectivity index (χ2n) is 8.93. The van der Waals surface area contributed by atoms with Crippen LogP contribution < -0.4 is 11.5 Å². The van der Waals surface area contributed by atoms with Gasteiger partial charge in [-0.3, -0.25) is 0 Å². The van der Waals surface area contributed by atoms with Gasteiger partial charge in [-0.15, -0.1) is 0 Å². The Kier molecular flexibility index (Phi) is 6.50. The van der Waals surface area contributed by atoms with Gasteiger partial charge in [0.15, 0.2) is 0 Å². The summed E-state index contributed by atoms with van der Waals surface area (Å²) >= 11 is 0. The maximum atomic E-state index is 6.79. The maximum absolute atomic E-state index is 6.79. The lowest BCUT2D eigenvalue weighted by molar-refractivity contribution is 0.277. The van der Waals surface area contributed by atoms with Gasteiger partial charge in [0.25, 0.3) is 0 Å². The summed E-state index contributed by atoms with van der Waals surface area (Å²) < 4.78 is 0. The number of aryl methyl sites for hydroxylation is 1. The molecule has 0 spiro atoms. The first-order chi connectivity index (χ1) is 11.3. The maximum Gasteiger partial charge on any atom is 0.0410 e. The molecule has 1 aliphatic carbocycles. The van der Waals surface area contributed by atoms with Crippen molar-refractivity contribution in [3.05, 3.63) is 34.9 Å². The van der Waals surface area contributed by atoms with E-state index in [0.717, 1.165) is 25.7 Å². The first kappa shape index (κ1) is 19.5. The molecular formula is C22H38N2. The molecule has 0 aliphatic heterocycles. The number of hydrogen-bond donors (Lipinski definition) is 2. The Morgan fingerprint density at radius 3 is 2.33 bits per heavy atom. The van der Waals surface area contributed by atoms with Gasteiger partial charge in [-0.05, 0) is 60.6 Å². The average molecular weight is 331 g/mol. The summed E-state index contributed by atoms with van der Waals surface area (Å²) in [4.78, 5) is 0. The fraction of sp³-hybridized carbons (Fsp3) is 0.727. The van der Waals surface area contributed by atoms with E-state index in [4.69, 9.17) is 11.5 Å². The molecule has 0 heterocycles. The highest BCUT2D eigenvalue weighted by Crippen LogP contribution is 2.37. The van der Waals surface area contributed by atoms with E-state index in [0.29, 0.717) is 6.04 Å². The Morgan fingerprint density at radius 2 is 1.75 bits per heavy atom. The van der Waals surface area contributed by atoms with Crippen molar-refractivity contribution in [3.63, 3.8) is 0 Å². The summed E-state index contributed by atoms with van der Waals surface area (Å²) in [5.74, 6) is 0. The van der Waals surface area contributed by atoms with E-state index in [1.807, 2.05) is 0 Å². The molecule has 2 rings (SSSR count). The third kappa shape index (κ3) is 4.83. The van der Waals surface area contributed by atoms with Crippen molar-refractivity contribution in [2.24, 2.45) is 11.5 Å². The van der Waals surface area contributed by atoms with E-state index in [1.54, 1.807) is 0 Å². The molecule has 4 N–H and O–H groups in total. The molecule has 0 radical (unpaired) electrons. The molecule has 1 aromatic carbocycles. The van der Waals surface area contributed by atoms with Gasteiger partial charge in [0.1, 0.15) is 0 Å². The second-order valence-corrected chi connectivity index (χ2v) is 8.93. The summed E-state index contributed by atoms with van der Waals surface area (Å²) in [6.45, 7) is 9.22. The predicted octanol–water partition coefficient (Wildman–Crippen LogP) is 5.16. The van der Waals surface area contributed by atoms with Crippen molar-refractivity contribution >= 4 is 0 Å². The number of rotatable bonds is 6. The van der Waals surface area contributed by atoms with E-state index in [1.165, 1.54) is 48.8 Å². The molecule has 1 saturated carbocycles. The van der Waals surface area contributed by atoms with Gasteiger partial charge in [0, 0.05) is 11.6 Å². The number of unbranched alkanes of at least 4 members (excludes halogenated alkanes) is 3. The van der Waals surface area contributed by atoms with Crippen LogP contribution in [-0.4, -0.2) is 6.04 Å². The lowest BCUT2D eigenvalue weighted by atomic mass is 9.73. The topological polar surface area (TPSA) is 52.0 Å². The fourth-order valence-corrected chi connectivity index (χ4v) is 4.03. The van der Waals surface area contributed by atoms with Gasteiger partial charge < -0.3 is 11.5 Å². The fourth-order valence-electron chi connectivity index (χ4n) is 4.03. The third-order valence-corrected chi connectivity index (χ3v) is 5.71. The normalized spacial score (nSPS) is 25.0. The Balaban J connectivity index is 2.24. The molecule has 2 heteroatoms. The summed E-state index contributed by atoms with van der Waals surface area (Å²) in [5.41, 5.74) is 17.2. The molecule has 1 fully saturated rings. The molecule has 0 atom stereocenters. The minimum atomic E-state index is -0.176. The monoisotopic (exact) mass is 330 g/mol. The van der Waals surface area contributed by atoms with Crippen LogP contribution in [0.5, 0.6) is 0 Å². The van der Waals surface area contributed by atoms with Crippen LogP contribution in [0.25, 0.3) is 0 Å². The number of benzene rings is 1. The second kappa shape index (κ2) is 8.01. The lowest BCUT2D eigenvalue weighted by Gasteiger charge is -2.37. The number of hydrogen-bond acceptors (Lipinski definition) is 2. The van der Waals surface area contributed by atoms with Gasteiger partial charge in [-0.1, -0.05) is 65.2 Å². The van der Waals surface area contributed by atoms with Crippen molar-refractivity contribution in [3.8, 4) is 0 Å². The standard InChI is InChI=1S/C22H38N2/c1-5-6-7-8-9-17-16-18(10-11-20(17)21(2,3)4)22(24)14-12-19(23)13-15-22/h10-11,16,19H,5-9,12-15,23-24H2,1-4H3. The van der Waals surface area contributed by atoms with Gasteiger partial charge in [0.05, 0.1) is 0 Å². The molecular weight excluding hydrogens is 292 g/mol. The molecule has 1 aliphatic rings. The Morgan fingerprint density at radius 1 is 1.08 bits per heavy atom. The van der Waals surface area contributed by atoms with Crippen molar-refractivity contribution in [1.29, 1.82) is 0 Å². The molecule has 0 amide bonds. The minimum absolute atomic E-state index is 0.176. The molecule has 136 valence electrons. The van der Waals surface area contributed by atoms with Crippen molar-refractivity contribution in [2.45, 2.75) is 102 Å². The molecule has 24 heavy (non-hydrogen) atoms. The Hall–Kier alpha value is -0.860. The van der Waals surface area contributed by atoms with Crippen molar-refractivity contribution in [1.82, 2.24) is 0 Å². The minimum Gasteiger partial charge on any atom is -0.328 e. The van der Waals surface area contributed by atoms with Gasteiger partial charge in [-0.2, -0.15) is 0 Å². The largest absolute Gasteiger partial charge is 0.328 e.